The number of hydrogen-bond donors (Lipinski definition) is 2. The molecule has 0 aliphatic carbocycles. The molecule has 2 N–H and O–H groups in total. The molecule has 1 aromatic rings. The molecule has 0 spiro atoms. The number of carbonyl (C=O) groups is 1. The number of carbonyl (C=O) groups excluding carboxylic acids is 1. The smallest absolute Gasteiger partial charge is 0.252 e. The number of aliphatic hydroxyl groups is 1. The molecule has 0 saturated heterocycles. The lowest BCUT2D eigenvalue weighted by molar-refractivity contribution is 0.0942. The molecule has 6 heteroatoms. The highest BCUT2D eigenvalue weighted by atomic mass is 35.5. The van der Waals surface area contributed by atoms with E-state index in [1.165, 1.54) is 12.3 Å². The summed E-state index contributed by atoms with van der Waals surface area (Å²) in [4.78, 5) is 15.4. The quantitative estimate of drug-likeness (QED) is 0.813. The fourth-order valence-electron chi connectivity index (χ4n) is 0.979. The summed E-state index contributed by atoms with van der Waals surface area (Å²) < 4.78 is 0. The molecule has 0 aliphatic rings. The van der Waals surface area contributed by atoms with Crippen molar-refractivity contribution in [3.8, 4) is 0 Å². The van der Waals surface area contributed by atoms with Crippen LogP contribution in [0.25, 0.3) is 0 Å². The zero-order valence-corrected chi connectivity index (χ0v) is 10.2. The van der Waals surface area contributed by atoms with Crippen LogP contribution in [0.5, 0.6) is 0 Å². The molecule has 0 saturated carbocycles. The SMILES string of the molecule is CC(CO)CNC(=O)c1cnc(Cl)c(Cl)c1. The van der Waals surface area contributed by atoms with Gasteiger partial charge in [0.2, 0.25) is 0 Å². The Labute approximate surface area is 104 Å². The van der Waals surface area contributed by atoms with Crippen molar-refractivity contribution in [2.75, 3.05) is 13.2 Å². The summed E-state index contributed by atoms with van der Waals surface area (Å²) in [7, 11) is 0. The molecular weight excluding hydrogens is 251 g/mol. The standard InChI is InChI=1S/C10H12Cl2N2O2/c1-6(5-15)3-14-10(16)7-2-8(11)9(12)13-4-7/h2,4,6,15H,3,5H2,1H3,(H,14,16). The highest BCUT2D eigenvalue weighted by Gasteiger charge is 2.09. The van der Waals surface area contributed by atoms with Gasteiger partial charge in [-0.15, -0.1) is 0 Å². The van der Waals surface area contributed by atoms with Gasteiger partial charge >= 0.3 is 0 Å². The zero-order valence-electron chi connectivity index (χ0n) is 8.70. The maximum absolute atomic E-state index is 11.6. The fraction of sp³-hybridized carbons (Fsp3) is 0.400. The normalized spacial score (nSPS) is 12.2. The molecule has 0 fully saturated rings. The van der Waals surface area contributed by atoms with Crippen molar-refractivity contribution < 1.29 is 9.90 Å². The first-order valence-electron chi connectivity index (χ1n) is 4.74. The van der Waals surface area contributed by atoms with Crippen LogP contribution in [0.1, 0.15) is 17.3 Å². The number of nitrogens with zero attached hydrogens (tertiary/aromatic N) is 1. The average Bonchev–Trinajstić information content (AvgIpc) is 2.29. The van der Waals surface area contributed by atoms with E-state index in [4.69, 9.17) is 28.3 Å². The molecule has 88 valence electrons. The number of aromatic nitrogens is 1. The summed E-state index contributed by atoms with van der Waals surface area (Å²) in [6, 6.07) is 1.45. The fourth-order valence-corrected chi connectivity index (χ4v) is 1.25. The first-order valence-corrected chi connectivity index (χ1v) is 5.50. The van der Waals surface area contributed by atoms with Crippen LogP contribution in [0, 0.1) is 5.92 Å². The zero-order chi connectivity index (χ0) is 12.1. The summed E-state index contributed by atoms with van der Waals surface area (Å²) in [6.07, 6.45) is 1.35. The molecule has 1 heterocycles. The van der Waals surface area contributed by atoms with Gasteiger partial charge in [0.25, 0.3) is 5.91 Å². The number of pyridine rings is 1. The van der Waals surface area contributed by atoms with Gasteiger partial charge in [0.15, 0.2) is 0 Å². The number of halogens is 2. The van der Waals surface area contributed by atoms with Crippen molar-refractivity contribution in [3.63, 3.8) is 0 Å². The van der Waals surface area contributed by atoms with Gasteiger partial charge < -0.3 is 10.4 Å². The van der Waals surface area contributed by atoms with Crippen LogP contribution < -0.4 is 5.32 Å². The second-order valence-electron chi connectivity index (χ2n) is 3.49. The Kier molecular flexibility index (Phi) is 4.99. The van der Waals surface area contributed by atoms with Crippen LogP contribution >= 0.6 is 23.2 Å². The predicted octanol–water partition coefficient (Wildman–Crippen LogP) is 1.75. The van der Waals surface area contributed by atoms with Crippen LogP contribution in [-0.4, -0.2) is 29.1 Å². The van der Waals surface area contributed by atoms with Gasteiger partial charge in [-0.1, -0.05) is 30.1 Å². The van der Waals surface area contributed by atoms with Gasteiger partial charge in [-0.3, -0.25) is 4.79 Å². The molecule has 1 rings (SSSR count). The van der Waals surface area contributed by atoms with E-state index in [-0.39, 0.29) is 28.6 Å². The summed E-state index contributed by atoms with van der Waals surface area (Å²) in [5.74, 6) is -0.272. The minimum absolute atomic E-state index is 0.0136. The van der Waals surface area contributed by atoms with Crippen molar-refractivity contribution in [3.05, 3.63) is 28.0 Å². The number of nitrogens with one attached hydrogen (secondary N) is 1. The Morgan fingerprint density at radius 3 is 2.88 bits per heavy atom. The van der Waals surface area contributed by atoms with Crippen molar-refractivity contribution in [1.82, 2.24) is 10.3 Å². The molecule has 4 nitrogen and oxygen atoms in total. The monoisotopic (exact) mass is 262 g/mol. The van der Waals surface area contributed by atoms with Crippen molar-refractivity contribution in [2.24, 2.45) is 5.92 Å². The van der Waals surface area contributed by atoms with Crippen LogP contribution in [-0.2, 0) is 0 Å². The molecule has 16 heavy (non-hydrogen) atoms. The molecular formula is C10H12Cl2N2O2. The Balaban J connectivity index is 2.63. The first-order chi connectivity index (χ1) is 7.54. The Bertz CT molecular complexity index is 385. The van der Waals surface area contributed by atoms with Gasteiger partial charge in [-0.2, -0.15) is 0 Å². The second kappa shape index (κ2) is 6.03. The average molecular weight is 263 g/mol. The first kappa shape index (κ1) is 13.2. The number of aliphatic hydroxyl groups excluding tert-OH is 1. The van der Waals surface area contributed by atoms with E-state index >= 15 is 0 Å². The topological polar surface area (TPSA) is 62.2 Å². The van der Waals surface area contributed by atoms with E-state index < -0.39 is 0 Å². The molecule has 1 unspecified atom stereocenters. The Morgan fingerprint density at radius 2 is 2.31 bits per heavy atom. The predicted molar refractivity (Wildman–Crippen MR) is 62.8 cm³/mol. The third-order valence-corrected chi connectivity index (χ3v) is 2.67. The molecule has 1 amide bonds. The minimum Gasteiger partial charge on any atom is -0.396 e. The van der Waals surface area contributed by atoms with E-state index in [1.54, 1.807) is 0 Å². The molecule has 0 aliphatic heterocycles. The summed E-state index contributed by atoms with van der Waals surface area (Å²) in [6.45, 7) is 2.25. The van der Waals surface area contributed by atoms with Crippen LogP contribution in [0.2, 0.25) is 10.2 Å². The van der Waals surface area contributed by atoms with E-state index in [0.29, 0.717) is 12.1 Å². The lowest BCUT2D eigenvalue weighted by Crippen LogP contribution is -2.29. The van der Waals surface area contributed by atoms with Crippen LogP contribution in [0.4, 0.5) is 0 Å². The van der Waals surface area contributed by atoms with Gasteiger partial charge in [0.1, 0.15) is 5.15 Å². The Hall–Kier alpha value is -0.840. The van der Waals surface area contributed by atoms with E-state index in [0.717, 1.165) is 0 Å². The van der Waals surface area contributed by atoms with Gasteiger partial charge in [-0.25, -0.2) is 4.98 Å². The molecule has 0 bridgehead atoms. The maximum atomic E-state index is 11.6. The number of amides is 1. The largest absolute Gasteiger partial charge is 0.396 e. The molecule has 0 radical (unpaired) electrons. The third-order valence-electron chi connectivity index (χ3n) is 1.98. The summed E-state index contributed by atoms with van der Waals surface area (Å²) in [5, 5.41) is 11.9. The summed E-state index contributed by atoms with van der Waals surface area (Å²) >= 11 is 11.4. The van der Waals surface area contributed by atoms with Gasteiger partial charge in [0, 0.05) is 19.3 Å². The molecule has 1 atom stereocenters. The van der Waals surface area contributed by atoms with E-state index in [2.05, 4.69) is 10.3 Å². The summed E-state index contributed by atoms with van der Waals surface area (Å²) in [5.41, 5.74) is 0.347. The van der Waals surface area contributed by atoms with E-state index in [1.807, 2.05) is 6.92 Å². The second-order valence-corrected chi connectivity index (χ2v) is 4.26. The lowest BCUT2D eigenvalue weighted by atomic mass is 10.2. The van der Waals surface area contributed by atoms with Crippen LogP contribution in [0.15, 0.2) is 12.3 Å². The van der Waals surface area contributed by atoms with Crippen molar-refractivity contribution >= 4 is 29.1 Å². The highest BCUT2D eigenvalue weighted by Crippen LogP contribution is 2.19. The highest BCUT2D eigenvalue weighted by molar-refractivity contribution is 6.41. The van der Waals surface area contributed by atoms with Gasteiger partial charge in [0.05, 0.1) is 10.6 Å². The minimum atomic E-state index is -0.286. The Morgan fingerprint density at radius 1 is 1.62 bits per heavy atom. The third kappa shape index (κ3) is 3.63. The molecule has 1 aromatic heterocycles. The van der Waals surface area contributed by atoms with E-state index in [9.17, 15) is 4.79 Å². The lowest BCUT2D eigenvalue weighted by Gasteiger charge is -2.09. The number of rotatable bonds is 4. The van der Waals surface area contributed by atoms with Crippen molar-refractivity contribution in [2.45, 2.75) is 6.92 Å². The van der Waals surface area contributed by atoms with Crippen LogP contribution in [0.3, 0.4) is 0 Å². The van der Waals surface area contributed by atoms with Crippen molar-refractivity contribution in [1.29, 1.82) is 0 Å². The maximum Gasteiger partial charge on any atom is 0.252 e. The van der Waals surface area contributed by atoms with Gasteiger partial charge in [-0.05, 0) is 12.0 Å². The molecule has 0 aromatic carbocycles. The number of hydrogen-bond acceptors (Lipinski definition) is 3.